The Balaban J connectivity index is 2.31. The highest BCUT2D eigenvalue weighted by Gasteiger charge is 2.46. The van der Waals surface area contributed by atoms with Gasteiger partial charge in [-0.25, -0.2) is 9.79 Å². The molecule has 0 saturated carbocycles. The number of carbonyl (C=O) groups is 1. The maximum atomic E-state index is 12.4. The quantitative estimate of drug-likeness (QED) is 0.633. The minimum absolute atomic E-state index is 0.107. The van der Waals surface area contributed by atoms with E-state index in [9.17, 15) is 4.79 Å². The van der Waals surface area contributed by atoms with Crippen molar-refractivity contribution in [2.45, 2.75) is 38.3 Å². The van der Waals surface area contributed by atoms with E-state index in [-0.39, 0.29) is 13.0 Å². The SMILES string of the molecule is C#CC[C@]1(C(=O)OC(C)(C)C)COC(c2ccccc2)=N1. The number of hydrogen-bond acceptors (Lipinski definition) is 4. The molecule has 0 bridgehead atoms. The summed E-state index contributed by atoms with van der Waals surface area (Å²) >= 11 is 0. The molecule has 4 nitrogen and oxygen atoms in total. The van der Waals surface area contributed by atoms with Crippen LogP contribution in [0.4, 0.5) is 0 Å². The first-order valence-corrected chi connectivity index (χ1v) is 6.81. The molecule has 110 valence electrons. The van der Waals surface area contributed by atoms with Crippen molar-refractivity contribution >= 4 is 11.9 Å². The van der Waals surface area contributed by atoms with Crippen LogP contribution in [-0.4, -0.2) is 29.6 Å². The van der Waals surface area contributed by atoms with Gasteiger partial charge in [0.2, 0.25) is 11.4 Å². The molecule has 2 rings (SSSR count). The van der Waals surface area contributed by atoms with Crippen molar-refractivity contribution in [3.8, 4) is 12.3 Å². The lowest BCUT2D eigenvalue weighted by Gasteiger charge is -2.26. The van der Waals surface area contributed by atoms with Gasteiger partial charge in [-0.1, -0.05) is 18.2 Å². The molecule has 1 aromatic rings. The molecule has 21 heavy (non-hydrogen) atoms. The fourth-order valence-corrected chi connectivity index (χ4v) is 1.98. The van der Waals surface area contributed by atoms with Crippen LogP contribution in [0, 0.1) is 12.3 Å². The molecule has 1 aliphatic rings. The van der Waals surface area contributed by atoms with Crippen molar-refractivity contribution in [1.82, 2.24) is 0 Å². The Kier molecular flexibility index (Phi) is 4.04. The largest absolute Gasteiger partial charge is 0.474 e. The Hall–Kier alpha value is -2.28. The fourth-order valence-electron chi connectivity index (χ4n) is 1.98. The first kappa shape index (κ1) is 15.1. The van der Waals surface area contributed by atoms with Gasteiger partial charge in [0.25, 0.3) is 0 Å². The van der Waals surface area contributed by atoms with Gasteiger partial charge in [-0.3, -0.25) is 0 Å². The first-order valence-electron chi connectivity index (χ1n) is 6.81. The molecule has 0 unspecified atom stereocenters. The molecule has 0 N–H and O–H groups in total. The molecule has 0 saturated heterocycles. The molecule has 0 aromatic heterocycles. The zero-order valence-electron chi connectivity index (χ0n) is 12.6. The number of ether oxygens (including phenoxy) is 2. The van der Waals surface area contributed by atoms with Crippen LogP contribution in [-0.2, 0) is 14.3 Å². The standard InChI is InChI=1S/C17H19NO3/c1-5-11-17(15(19)21-16(2,3)4)12-20-14(18-17)13-9-7-6-8-10-13/h1,6-10H,11-12H2,2-4H3/t17-/m1/s1. The predicted octanol–water partition coefficient (Wildman–Crippen LogP) is 2.57. The third-order valence-electron chi connectivity index (χ3n) is 2.96. The Bertz CT molecular complexity index is 593. The van der Waals surface area contributed by atoms with Gasteiger partial charge in [-0.2, -0.15) is 0 Å². The monoisotopic (exact) mass is 285 g/mol. The molecule has 0 amide bonds. The normalized spacial score (nSPS) is 21.1. The van der Waals surface area contributed by atoms with E-state index in [1.165, 1.54) is 0 Å². The van der Waals surface area contributed by atoms with E-state index in [1.54, 1.807) is 0 Å². The van der Waals surface area contributed by atoms with Gasteiger partial charge >= 0.3 is 5.97 Å². The third-order valence-corrected chi connectivity index (χ3v) is 2.96. The Morgan fingerprint density at radius 1 is 1.43 bits per heavy atom. The van der Waals surface area contributed by atoms with E-state index in [4.69, 9.17) is 15.9 Å². The third kappa shape index (κ3) is 3.43. The maximum absolute atomic E-state index is 12.4. The van der Waals surface area contributed by atoms with E-state index in [0.29, 0.717) is 5.90 Å². The van der Waals surface area contributed by atoms with Crippen LogP contribution in [0.5, 0.6) is 0 Å². The van der Waals surface area contributed by atoms with Gasteiger partial charge < -0.3 is 9.47 Å². The van der Waals surface area contributed by atoms with E-state index in [0.717, 1.165) is 5.56 Å². The number of benzene rings is 1. The van der Waals surface area contributed by atoms with Gasteiger partial charge in [-0.15, -0.1) is 12.3 Å². The average Bonchev–Trinajstić information content (AvgIpc) is 2.84. The average molecular weight is 285 g/mol. The van der Waals surface area contributed by atoms with Crippen molar-refractivity contribution in [3.05, 3.63) is 35.9 Å². The second kappa shape index (κ2) is 5.61. The van der Waals surface area contributed by atoms with Crippen molar-refractivity contribution in [2.24, 2.45) is 4.99 Å². The number of rotatable bonds is 3. The molecule has 0 aliphatic carbocycles. The highest BCUT2D eigenvalue weighted by molar-refractivity contribution is 5.99. The van der Waals surface area contributed by atoms with Crippen molar-refractivity contribution in [2.75, 3.05) is 6.61 Å². The van der Waals surface area contributed by atoms with Gasteiger partial charge in [0.05, 0.1) is 0 Å². The summed E-state index contributed by atoms with van der Waals surface area (Å²) < 4.78 is 11.0. The van der Waals surface area contributed by atoms with Crippen LogP contribution in [0.2, 0.25) is 0 Å². The molecule has 4 heteroatoms. The number of esters is 1. The molecule has 1 atom stereocenters. The highest BCUT2D eigenvalue weighted by atomic mass is 16.6. The smallest absolute Gasteiger partial charge is 0.339 e. The Morgan fingerprint density at radius 2 is 2.10 bits per heavy atom. The van der Waals surface area contributed by atoms with Gasteiger partial charge in [0.15, 0.2) is 0 Å². The maximum Gasteiger partial charge on any atom is 0.339 e. The second-order valence-corrected chi connectivity index (χ2v) is 5.99. The van der Waals surface area contributed by atoms with Crippen molar-refractivity contribution in [1.29, 1.82) is 0 Å². The minimum Gasteiger partial charge on any atom is -0.474 e. The van der Waals surface area contributed by atoms with Crippen LogP contribution in [0.3, 0.4) is 0 Å². The molecule has 0 radical (unpaired) electrons. The number of aliphatic imine (C=N–C) groups is 1. The predicted molar refractivity (Wildman–Crippen MR) is 81.0 cm³/mol. The van der Waals surface area contributed by atoms with Crippen LogP contribution in [0.25, 0.3) is 0 Å². The summed E-state index contributed by atoms with van der Waals surface area (Å²) in [5, 5.41) is 0. The first-order chi connectivity index (χ1) is 9.86. The summed E-state index contributed by atoms with van der Waals surface area (Å²) in [6, 6.07) is 9.42. The summed E-state index contributed by atoms with van der Waals surface area (Å²) in [5.41, 5.74) is -0.920. The lowest BCUT2D eigenvalue weighted by atomic mass is 9.97. The summed E-state index contributed by atoms with van der Waals surface area (Å²) in [4.78, 5) is 16.9. The zero-order valence-corrected chi connectivity index (χ0v) is 12.6. The number of carbonyl (C=O) groups excluding carboxylic acids is 1. The number of hydrogen-bond donors (Lipinski definition) is 0. The molecule has 0 spiro atoms. The summed E-state index contributed by atoms with van der Waals surface area (Å²) in [6.45, 7) is 5.54. The topological polar surface area (TPSA) is 47.9 Å². The van der Waals surface area contributed by atoms with Crippen LogP contribution in [0.1, 0.15) is 32.8 Å². The lowest BCUT2D eigenvalue weighted by molar-refractivity contribution is -0.161. The van der Waals surface area contributed by atoms with Gasteiger partial charge in [0.1, 0.15) is 12.2 Å². The van der Waals surface area contributed by atoms with Gasteiger partial charge in [0, 0.05) is 12.0 Å². The summed E-state index contributed by atoms with van der Waals surface area (Å²) in [7, 11) is 0. The summed E-state index contributed by atoms with van der Waals surface area (Å²) in [6.07, 6.45) is 5.55. The number of terminal acetylenes is 1. The molecular weight excluding hydrogens is 266 g/mol. The van der Waals surface area contributed by atoms with E-state index < -0.39 is 17.1 Å². The van der Waals surface area contributed by atoms with E-state index >= 15 is 0 Å². The highest BCUT2D eigenvalue weighted by Crippen LogP contribution is 2.28. The molecule has 1 aromatic carbocycles. The molecule has 1 aliphatic heterocycles. The van der Waals surface area contributed by atoms with E-state index in [2.05, 4.69) is 10.9 Å². The van der Waals surface area contributed by atoms with Crippen LogP contribution >= 0.6 is 0 Å². The van der Waals surface area contributed by atoms with Crippen LogP contribution in [0.15, 0.2) is 35.3 Å². The Morgan fingerprint density at radius 3 is 2.67 bits per heavy atom. The molecular formula is C17H19NO3. The van der Waals surface area contributed by atoms with Crippen LogP contribution < -0.4 is 0 Å². The summed E-state index contributed by atoms with van der Waals surface area (Å²) in [5.74, 6) is 2.48. The lowest BCUT2D eigenvalue weighted by Crippen LogP contribution is -2.43. The van der Waals surface area contributed by atoms with Crippen molar-refractivity contribution < 1.29 is 14.3 Å². The van der Waals surface area contributed by atoms with E-state index in [1.807, 2.05) is 51.1 Å². The fraction of sp³-hybridized carbons (Fsp3) is 0.412. The molecule has 1 heterocycles. The Labute approximate surface area is 125 Å². The van der Waals surface area contributed by atoms with Crippen molar-refractivity contribution in [3.63, 3.8) is 0 Å². The molecule has 0 fully saturated rings. The van der Waals surface area contributed by atoms with Gasteiger partial charge in [-0.05, 0) is 32.9 Å². The minimum atomic E-state index is -1.15. The number of nitrogens with zero attached hydrogens (tertiary/aromatic N) is 1. The second-order valence-electron chi connectivity index (χ2n) is 5.99. The zero-order chi connectivity index (χ0) is 15.5.